The summed E-state index contributed by atoms with van der Waals surface area (Å²) in [6.07, 6.45) is 1.60. The molecule has 0 radical (unpaired) electrons. The molecule has 9 nitrogen and oxygen atoms in total. The Balaban J connectivity index is 1.56. The zero-order chi connectivity index (χ0) is 25.7. The third-order valence-electron chi connectivity index (χ3n) is 6.82. The maximum atomic E-state index is 13.7. The molecule has 1 N–H and O–H groups in total. The summed E-state index contributed by atoms with van der Waals surface area (Å²) in [5.74, 6) is 0.642. The van der Waals surface area contributed by atoms with Crippen molar-refractivity contribution in [3.63, 3.8) is 0 Å². The number of amides is 3. The highest BCUT2D eigenvalue weighted by atomic mass is 16.5. The second-order valence-corrected chi connectivity index (χ2v) is 8.99. The highest BCUT2D eigenvalue weighted by molar-refractivity contribution is 5.99. The zero-order valence-electron chi connectivity index (χ0n) is 21.0. The van der Waals surface area contributed by atoms with Gasteiger partial charge in [0, 0.05) is 43.6 Å². The number of rotatable bonds is 7. The lowest BCUT2D eigenvalue weighted by atomic mass is 9.96. The zero-order valence-corrected chi connectivity index (χ0v) is 21.0. The predicted molar refractivity (Wildman–Crippen MR) is 133 cm³/mol. The lowest BCUT2D eigenvalue weighted by Crippen LogP contribution is -2.59. The summed E-state index contributed by atoms with van der Waals surface area (Å²) in [6, 6.07) is 13.1. The number of methoxy groups -OCH3 is 2. The first-order valence-corrected chi connectivity index (χ1v) is 12.2. The number of ether oxygens (including phenoxy) is 3. The molecule has 2 fully saturated rings. The molecule has 36 heavy (non-hydrogen) atoms. The van der Waals surface area contributed by atoms with E-state index in [0.717, 1.165) is 6.42 Å². The van der Waals surface area contributed by atoms with E-state index in [1.807, 2.05) is 6.92 Å². The monoisotopic (exact) mass is 495 g/mol. The standard InChI is InChI=1S/C27H33N3O6/c1-4-14-28-24(31)23-18-36-27(30(23)26(33)19-8-10-21(34-2)11-9-19)12-15-29(16-13-27)25(32)20-6-5-7-22(17-20)35-3/h5-11,17,23H,4,12-16,18H2,1-3H3,(H,28,31). The van der Waals surface area contributed by atoms with Crippen molar-refractivity contribution in [2.45, 2.75) is 38.0 Å². The number of hydrogen-bond acceptors (Lipinski definition) is 6. The van der Waals surface area contributed by atoms with Crippen LogP contribution in [0, 0.1) is 0 Å². The lowest BCUT2D eigenvalue weighted by Gasteiger charge is -2.44. The van der Waals surface area contributed by atoms with Crippen LogP contribution < -0.4 is 14.8 Å². The first-order valence-electron chi connectivity index (χ1n) is 12.2. The third-order valence-corrected chi connectivity index (χ3v) is 6.82. The number of benzene rings is 2. The van der Waals surface area contributed by atoms with E-state index in [1.165, 1.54) is 0 Å². The van der Waals surface area contributed by atoms with Crippen LogP contribution in [0.5, 0.6) is 11.5 Å². The van der Waals surface area contributed by atoms with E-state index >= 15 is 0 Å². The Bertz CT molecular complexity index is 1090. The molecule has 1 atom stereocenters. The first kappa shape index (κ1) is 25.5. The van der Waals surface area contributed by atoms with Crippen LogP contribution in [0.2, 0.25) is 0 Å². The van der Waals surface area contributed by atoms with Crippen LogP contribution in [-0.4, -0.2) is 79.7 Å². The molecular weight excluding hydrogens is 462 g/mol. The number of carbonyl (C=O) groups is 3. The molecule has 2 aromatic rings. The van der Waals surface area contributed by atoms with Crippen molar-refractivity contribution in [3.8, 4) is 11.5 Å². The smallest absolute Gasteiger partial charge is 0.256 e. The number of piperidine rings is 1. The average molecular weight is 496 g/mol. The summed E-state index contributed by atoms with van der Waals surface area (Å²) >= 11 is 0. The summed E-state index contributed by atoms with van der Waals surface area (Å²) in [5.41, 5.74) is 0.0283. The molecule has 2 aliphatic heterocycles. The van der Waals surface area contributed by atoms with Gasteiger partial charge in [0.15, 0.2) is 0 Å². The molecule has 1 unspecified atom stereocenters. The molecule has 0 bridgehead atoms. The molecule has 2 aromatic carbocycles. The van der Waals surface area contributed by atoms with Crippen molar-refractivity contribution in [3.05, 3.63) is 59.7 Å². The molecule has 2 heterocycles. The van der Waals surface area contributed by atoms with E-state index in [0.29, 0.717) is 55.1 Å². The largest absolute Gasteiger partial charge is 0.497 e. The Morgan fingerprint density at radius 3 is 2.31 bits per heavy atom. The van der Waals surface area contributed by atoms with Gasteiger partial charge in [-0.15, -0.1) is 0 Å². The Kier molecular flexibility index (Phi) is 7.79. The van der Waals surface area contributed by atoms with Gasteiger partial charge in [0.05, 0.1) is 20.8 Å². The molecule has 0 aromatic heterocycles. The van der Waals surface area contributed by atoms with Crippen LogP contribution in [0.15, 0.2) is 48.5 Å². The highest BCUT2D eigenvalue weighted by Crippen LogP contribution is 2.39. The Morgan fingerprint density at radius 1 is 0.972 bits per heavy atom. The number of nitrogens with zero attached hydrogens (tertiary/aromatic N) is 2. The SMILES string of the molecule is CCCNC(=O)C1COC2(CCN(C(=O)c3cccc(OC)c3)CC2)N1C(=O)c1ccc(OC)cc1. The van der Waals surface area contributed by atoms with Crippen molar-refractivity contribution in [2.75, 3.05) is 40.5 Å². The molecule has 1 spiro atoms. The van der Waals surface area contributed by atoms with Crippen molar-refractivity contribution < 1.29 is 28.6 Å². The third kappa shape index (κ3) is 5.02. The van der Waals surface area contributed by atoms with Crippen LogP contribution in [0.1, 0.15) is 46.9 Å². The van der Waals surface area contributed by atoms with E-state index in [4.69, 9.17) is 14.2 Å². The summed E-state index contributed by atoms with van der Waals surface area (Å²) in [7, 11) is 3.13. The predicted octanol–water partition coefficient (Wildman–Crippen LogP) is 2.70. The minimum Gasteiger partial charge on any atom is -0.497 e. The van der Waals surface area contributed by atoms with Crippen molar-refractivity contribution in [2.24, 2.45) is 0 Å². The van der Waals surface area contributed by atoms with Crippen LogP contribution in [0.4, 0.5) is 0 Å². The van der Waals surface area contributed by atoms with Gasteiger partial charge in [0.25, 0.3) is 11.8 Å². The van der Waals surface area contributed by atoms with Gasteiger partial charge < -0.3 is 24.4 Å². The highest BCUT2D eigenvalue weighted by Gasteiger charge is 2.54. The summed E-state index contributed by atoms with van der Waals surface area (Å²) < 4.78 is 16.7. The van der Waals surface area contributed by atoms with E-state index in [9.17, 15) is 14.4 Å². The second kappa shape index (κ2) is 11.0. The fourth-order valence-corrected chi connectivity index (χ4v) is 4.80. The van der Waals surface area contributed by atoms with E-state index < -0.39 is 11.8 Å². The van der Waals surface area contributed by atoms with E-state index in [-0.39, 0.29) is 24.3 Å². The summed E-state index contributed by atoms with van der Waals surface area (Å²) in [4.78, 5) is 43.2. The van der Waals surface area contributed by atoms with Crippen LogP contribution >= 0.6 is 0 Å². The Morgan fingerprint density at radius 2 is 1.67 bits per heavy atom. The Labute approximate surface area is 211 Å². The van der Waals surface area contributed by atoms with Gasteiger partial charge in [-0.25, -0.2) is 0 Å². The fraction of sp³-hybridized carbons (Fsp3) is 0.444. The second-order valence-electron chi connectivity index (χ2n) is 8.99. The number of nitrogens with one attached hydrogen (secondary N) is 1. The van der Waals surface area contributed by atoms with Crippen LogP contribution in [0.25, 0.3) is 0 Å². The topological polar surface area (TPSA) is 97.4 Å². The van der Waals surface area contributed by atoms with Gasteiger partial charge >= 0.3 is 0 Å². The Hall–Kier alpha value is -3.59. The number of carbonyl (C=O) groups excluding carboxylic acids is 3. The molecule has 3 amide bonds. The average Bonchev–Trinajstić information content (AvgIpc) is 3.29. The van der Waals surface area contributed by atoms with Gasteiger partial charge in [0.1, 0.15) is 23.3 Å². The lowest BCUT2D eigenvalue weighted by molar-refractivity contribution is -0.128. The minimum atomic E-state index is -0.962. The molecule has 2 saturated heterocycles. The van der Waals surface area contributed by atoms with Crippen molar-refractivity contribution in [1.82, 2.24) is 15.1 Å². The maximum Gasteiger partial charge on any atom is 0.256 e. The normalized spacial score (nSPS) is 18.7. The van der Waals surface area contributed by atoms with Gasteiger partial charge in [-0.1, -0.05) is 13.0 Å². The minimum absolute atomic E-state index is 0.105. The summed E-state index contributed by atoms with van der Waals surface area (Å²) in [6.45, 7) is 3.40. The maximum absolute atomic E-state index is 13.7. The molecule has 192 valence electrons. The van der Waals surface area contributed by atoms with Gasteiger partial charge in [-0.3, -0.25) is 19.3 Å². The van der Waals surface area contributed by atoms with Gasteiger partial charge in [0.2, 0.25) is 5.91 Å². The number of likely N-dealkylation sites (tertiary alicyclic amines) is 1. The molecule has 2 aliphatic rings. The number of hydrogen-bond donors (Lipinski definition) is 1. The molecule has 0 aliphatic carbocycles. The molecular formula is C27H33N3O6. The molecule has 0 saturated carbocycles. The fourth-order valence-electron chi connectivity index (χ4n) is 4.80. The van der Waals surface area contributed by atoms with Gasteiger partial charge in [-0.05, 0) is 48.9 Å². The van der Waals surface area contributed by atoms with Crippen LogP contribution in [0.3, 0.4) is 0 Å². The quantitative estimate of drug-likeness (QED) is 0.635. The van der Waals surface area contributed by atoms with Crippen molar-refractivity contribution >= 4 is 17.7 Å². The van der Waals surface area contributed by atoms with E-state index in [2.05, 4.69) is 5.32 Å². The van der Waals surface area contributed by atoms with Crippen molar-refractivity contribution in [1.29, 1.82) is 0 Å². The first-order chi connectivity index (χ1) is 17.4. The van der Waals surface area contributed by atoms with Crippen LogP contribution in [-0.2, 0) is 9.53 Å². The van der Waals surface area contributed by atoms with E-state index in [1.54, 1.807) is 72.6 Å². The molecule has 4 rings (SSSR count). The molecule has 9 heteroatoms. The van der Waals surface area contributed by atoms with Gasteiger partial charge in [-0.2, -0.15) is 0 Å². The summed E-state index contributed by atoms with van der Waals surface area (Å²) in [5, 5.41) is 2.90.